The highest BCUT2D eigenvalue weighted by Gasteiger charge is 2.31. The van der Waals surface area contributed by atoms with Crippen LogP contribution in [0, 0.1) is 11.8 Å². The lowest BCUT2D eigenvalue weighted by molar-refractivity contribution is 0.227. The van der Waals surface area contributed by atoms with Gasteiger partial charge in [-0.15, -0.1) is 11.3 Å². The number of piperidine rings is 1. The molecule has 114 valence electrons. The van der Waals surface area contributed by atoms with Crippen LogP contribution in [-0.4, -0.2) is 37.5 Å². The monoisotopic (exact) mass is 317 g/mol. The molecule has 1 fully saturated rings. The number of hydrogen-bond acceptors (Lipinski definition) is 4. The Morgan fingerprint density at radius 1 is 1.35 bits per heavy atom. The highest BCUT2D eigenvalue weighted by Crippen LogP contribution is 2.30. The summed E-state index contributed by atoms with van der Waals surface area (Å²) in [5.41, 5.74) is 0. The molecule has 1 aromatic rings. The van der Waals surface area contributed by atoms with Crippen LogP contribution in [0.15, 0.2) is 16.3 Å². The van der Waals surface area contributed by atoms with Gasteiger partial charge in [0.2, 0.25) is 0 Å². The Kier molecular flexibility index (Phi) is 5.23. The van der Waals surface area contributed by atoms with Crippen molar-refractivity contribution in [2.45, 2.75) is 37.3 Å². The van der Waals surface area contributed by atoms with Crippen molar-refractivity contribution < 1.29 is 13.5 Å². The summed E-state index contributed by atoms with van der Waals surface area (Å²) in [5.74, 6) is 1.26. The van der Waals surface area contributed by atoms with Gasteiger partial charge in [-0.25, -0.2) is 8.42 Å². The van der Waals surface area contributed by atoms with Gasteiger partial charge in [-0.3, -0.25) is 0 Å². The molecule has 1 aromatic heterocycles. The van der Waals surface area contributed by atoms with Crippen molar-refractivity contribution in [3.05, 3.63) is 17.0 Å². The molecule has 0 aliphatic carbocycles. The van der Waals surface area contributed by atoms with E-state index >= 15 is 0 Å². The number of thiophene rings is 1. The van der Waals surface area contributed by atoms with Crippen LogP contribution in [0.1, 0.15) is 31.6 Å². The van der Waals surface area contributed by atoms with Crippen molar-refractivity contribution in [1.29, 1.82) is 0 Å². The predicted molar refractivity (Wildman–Crippen MR) is 81.4 cm³/mol. The van der Waals surface area contributed by atoms with Crippen molar-refractivity contribution in [2.75, 3.05) is 19.7 Å². The molecule has 2 rings (SSSR count). The van der Waals surface area contributed by atoms with Crippen molar-refractivity contribution in [3.63, 3.8) is 0 Å². The van der Waals surface area contributed by atoms with Crippen molar-refractivity contribution in [2.24, 2.45) is 11.8 Å². The Balaban J connectivity index is 2.07. The zero-order valence-electron chi connectivity index (χ0n) is 12.1. The number of nitrogens with zero attached hydrogens (tertiary/aromatic N) is 1. The van der Waals surface area contributed by atoms with Crippen molar-refractivity contribution in [3.8, 4) is 0 Å². The second kappa shape index (κ2) is 6.56. The van der Waals surface area contributed by atoms with Crippen LogP contribution >= 0.6 is 11.3 Å². The fourth-order valence-electron chi connectivity index (χ4n) is 2.65. The molecular formula is C14H23NO3S2. The second-order valence-electron chi connectivity index (χ2n) is 5.68. The van der Waals surface area contributed by atoms with Gasteiger partial charge in [-0.05, 0) is 36.8 Å². The standard InChI is InChI=1S/C14H23NO3S2/c1-11(2)12-5-8-15(9-6-12)20(17,18)14-4-3-13(19-14)7-10-16/h3-4,11-12,16H,5-10H2,1-2H3. The molecule has 0 radical (unpaired) electrons. The third-order valence-corrected chi connectivity index (χ3v) is 7.54. The first-order chi connectivity index (χ1) is 9.45. The second-order valence-corrected chi connectivity index (χ2v) is 9.01. The number of sulfonamides is 1. The third-order valence-electron chi connectivity index (χ3n) is 4.03. The molecule has 4 nitrogen and oxygen atoms in total. The topological polar surface area (TPSA) is 57.6 Å². The number of aliphatic hydroxyl groups excluding tert-OH is 1. The summed E-state index contributed by atoms with van der Waals surface area (Å²) in [6, 6.07) is 3.47. The van der Waals surface area contributed by atoms with Gasteiger partial charge < -0.3 is 5.11 Å². The number of rotatable bonds is 5. The van der Waals surface area contributed by atoms with E-state index in [4.69, 9.17) is 5.11 Å². The fraction of sp³-hybridized carbons (Fsp3) is 0.714. The Hall–Kier alpha value is -0.430. The highest BCUT2D eigenvalue weighted by molar-refractivity contribution is 7.91. The lowest BCUT2D eigenvalue weighted by Gasteiger charge is -2.32. The first kappa shape index (κ1) is 15.9. The summed E-state index contributed by atoms with van der Waals surface area (Å²) in [6.07, 6.45) is 2.42. The minimum Gasteiger partial charge on any atom is -0.396 e. The van der Waals surface area contributed by atoms with E-state index in [9.17, 15) is 8.42 Å². The van der Waals surface area contributed by atoms with E-state index < -0.39 is 10.0 Å². The van der Waals surface area contributed by atoms with Gasteiger partial charge in [0, 0.05) is 31.0 Å². The van der Waals surface area contributed by atoms with Gasteiger partial charge in [-0.2, -0.15) is 4.31 Å². The molecule has 0 amide bonds. The summed E-state index contributed by atoms with van der Waals surface area (Å²) in [5, 5.41) is 8.91. The lowest BCUT2D eigenvalue weighted by Crippen LogP contribution is -2.39. The maximum atomic E-state index is 12.6. The Bertz CT molecular complexity index is 528. The molecule has 0 atom stereocenters. The van der Waals surface area contributed by atoms with Crippen LogP contribution < -0.4 is 0 Å². The molecule has 1 aliphatic heterocycles. The summed E-state index contributed by atoms with van der Waals surface area (Å²) < 4.78 is 27.1. The van der Waals surface area contributed by atoms with E-state index in [1.807, 2.05) is 0 Å². The molecule has 1 saturated heterocycles. The van der Waals surface area contributed by atoms with E-state index in [1.165, 1.54) is 11.3 Å². The summed E-state index contributed by atoms with van der Waals surface area (Å²) in [6.45, 7) is 5.71. The lowest BCUT2D eigenvalue weighted by atomic mass is 9.87. The Morgan fingerprint density at radius 3 is 2.55 bits per heavy atom. The maximum absolute atomic E-state index is 12.6. The van der Waals surface area contributed by atoms with Crippen LogP contribution in [0.4, 0.5) is 0 Å². The normalized spacial score (nSPS) is 18.8. The maximum Gasteiger partial charge on any atom is 0.252 e. The highest BCUT2D eigenvalue weighted by atomic mass is 32.2. The molecule has 6 heteroatoms. The molecule has 0 bridgehead atoms. The Labute approximate surface area is 125 Å². The number of hydrogen-bond donors (Lipinski definition) is 1. The molecule has 0 spiro atoms. The molecule has 0 unspecified atom stereocenters. The zero-order chi connectivity index (χ0) is 14.8. The quantitative estimate of drug-likeness (QED) is 0.907. The van der Waals surface area contributed by atoms with Crippen LogP contribution in [-0.2, 0) is 16.4 Å². The van der Waals surface area contributed by atoms with Gasteiger partial charge in [0.15, 0.2) is 0 Å². The van der Waals surface area contributed by atoms with Crippen LogP contribution in [0.25, 0.3) is 0 Å². The van der Waals surface area contributed by atoms with Gasteiger partial charge in [-0.1, -0.05) is 13.8 Å². The van der Waals surface area contributed by atoms with Crippen LogP contribution in [0.2, 0.25) is 0 Å². The van der Waals surface area contributed by atoms with Crippen LogP contribution in [0.3, 0.4) is 0 Å². The van der Waals surface area contributed by atoms with E-state index in [2.05, 4.69) is 13.8 Å². The van der Waals surface area contributed by atoms with E-state index in [1.54, 1.807) is 16.4 Å². The van der Waals surface area contributed by atoms with E-state index in [-0.39, 0.29) is 6.61 Å². The van der Waals surface area contributed by atoms with Gasteiger partial charge in [0.1, 0.15) is 4.21 Å². The summed E-state index contributed by atoms with van der Waals surface area (Å²) >= 11 is 1.28. The van der Waals surface area contributed by atoms with Crippen molar-refractivity contribution in [1.82, 2.24) is 4.31 Å². The minimum atomic E-state index is -3.34. The Morgan fingerprint density at radius 2 is 2.00 bits per heavy atom. The summed E-state index contributed by atoms with van der Waals surface area (Å²) in [7, 11) is -3.34. The van der Waals surface area contributed by atoms with Gasteiger partial charge >= 0.3 is 0 Å². The smallest absolute Gasteiger partial charge is 0.252 e. The molecule has 1 N–H and O–H groups in total. The largest absolute Gasteiger partial charge is 0.396 e. The SMILES string of the molecule is CC(C)C1CCN(S(=O)(=O)c2ccc(CCO)s2)CC1. The fourth-order valence-corrected chi connectivity index (χ4v) is 5.62. The van der Waals surface area contributed by atoms with E-state index in [0.717, 1.165) is 17.7 Å². The molecule has 0 saturated carbocycles. The molecule has 0 aromatic carbocycles. The average Bonchev–Trinajstić information content (AvgIpc) is 2.88. The van der Waals surface area contributed by atoms with Gasteiger partial charge in [0.05, 0.1) is 0 Å². The zero-order valence-corrected chi connectivity index (χ0v) is 13.7. The van der Waals surface area contributed by atoms with E-state index in [0.29, 0.717) is 35.6 Å². The molecule has 2 heterocycles. The van der Waals surface area contributed by atoms with Crippen LogP contribution in [0.5, 0.6) is 0 Å². The summed E-state index contributed by atoms with van der Waals surface area (Å²) in [4.78, 5) is 0.920. The number of aliphatic hydroxyl groups is 1. The molecular weight excluding hydrogens is 294 g/mol. The first-order valence-electron chi connectivity index (χ1n) is 7.15. The average molecular weight is 317 g/mol. The van der Waals surface area contributed by atoms with Crippen molar-refractivity contribution >= 4 is 21.4 Å². The predicted octanol–water partition coefficient (Wildman–Crippen LogP) is 2.34. The van der Waals surface area contributed by atoms with Gasteiger partial charge in [0.25, 0.3) is 10.0 Å². The first-order valence-corrected chi connectivity index (χ1v) is 9.40. The third kappa shape index (κ3) is 3.42. The molecule has 1 aliphatic rings. The molecule has 20 heavy (non-hydrogen) atoms. The minimum absolute atomic E-state index is 0.0553.